The molecule has 2 aromatic carbocycles. The van der Waals surface area contributed by atoms with Gasteiger partial charge in [-0.3, -0.25) is 9.40 Å². The summed E-state index contributed by atoms with van der Waals surface area (Å²) < 4.78 is 39.8. The largest absolute Gasteiger partial charge is 0.497 e. The molecular formula is C18H17Cl2N3O4S. The lowest BCUT2D eigenvalue weighted by molar-refractivity contribution is 0.386. The first-order chi connectivity index (χ1) is 13.3. The molecule has 0 aliphatic carbocycles. The molecule has 10 heteroatoms. The van der Waals surface area contributed by atoms with Crippen molar-refractivity contribution in [2.75, 3.05) is 18.9 Å². The summed E-state index contributed by atoms with van der Waals surface area (Å²) >= 11 is 12.3. The Hall–Kier alpha value is -2.42. The molecule has 7 nitrogen and oxygen atoms in total. The van der Waals surface area contributed by atoms with E-state index >= 15 is 0 Å². The highest BCUT2D eigenvalue weighted by Crippen LogP contribution is 2.30. The van der Waals surface area contributed by atoms with Gasteiger partial charge in [-0.1, -0.05) is 29.3 Å². The van der Waals surface area contributed by atoms with Crippen LogP contribution in [0.5, 0.6) is 11.5 Å². The Morgan fingerprint density at radius 2 is 1.82 bits per heavy atom. The van der Waals surface area contributed by atoms with Gasteiger partial charge in [0, 0.05) is 27.9 Å². The Kier molecular flexibility index (Phi) is 6.02. The van der Waals surface area contributed by atoms with E-state index in [-0.39, 0.29) is 10.6 Å². The molecule has 148 valence electrons. The number of nitrogens with zero attached hydrogens (tertiary/aromatic N) is 2. The number of aromatic nitrogens is 2. The van der Waals surface area contributed by atoms with Crippen molar-refractivity contribution in [1.82, 2.24) is 9.78 Å². The molecule has 0 radical (unpaired) electrons. The summed E-state index contributed by atoms with van der Waals surface area (Å²) in [6, 6.07) is 9.65. The molecule has 0 spiro atoms. The maximum Gasteiger partial charge on any atom is 0.265 e. The van der Waals surface area contributed by atoms with Crippen LogP contribution in [0, 0.1) is 0 Å². The number of methoxy groups -OCH3 is 2. The molecule has 0 aliphatic heterocycles. The third-order valence-corrected chi connectivity index (χ3v) is 6.06. The Balaban J connectivity index is 1.83. The standard InChI is InChI=1S/C18H17Cl2N3O4S/c1-26-13-6-7-18(17(8-13)27-2)28(24,25)22-12-9-21-23(10-12)11-14-15(19)4-3-5-16(14)20/h3-10,22H,11H2,1-2H3. The van der Waals surface area contributed by atoms with E-state index in [0.717, 1.165) is 0 Å². The second kappa shape index (κ2) is 8.30. The SMILES string of the molecule is COc1ccc(S(=O)(=O)Nc2cnn(Cc3c(Cl)cccc3Cl)c2)c(OC)c1. The zero-order chi connectivity index (χ0) is 20.3. The van der Waals surface area contributed by atoms with Gasteiger partial charge >= 0.3 is 0 Å². The minimum atomic E-state index is -3.89. The Labute approximate surface area is 172 Å². The lowest BCUT2D eigenvalue weighted by atomic mass is 10.2. The smallest absolute Gasteiger partial charge is 0.265 e. The Morgan fingerprint density at radius 1 is 1.11 bits per heavy atom. The summed E-state index contributed by atoms with van der Waals surface area (Å²) in [5, 5.41) is 5.18. The first-order valence-electron chi connectivity index (χ1n) is 8.04. The fourth-order valence-corrected chi connectivity index (χ4v) is 4.25. The maximum atomic E-state index is 12.7. The van der Waals surface area contributed by atoms with E-state index in [4.69, 9.17) is 32.7 Å². The predicted octanol–water partition coefficient (Wildman–Crippen LogP) is 4.06. The van der Waals surface area contributed by atoms with Gasteiger partial charge in [-0.2, -0.15) is 5.10 Å². The molecule has 0 amide bonds. The van der Waals surface area contributed by atoms with Crippen molar-refractivity contribution >= 4 is 38.9 Å². The van der Waals surface area contributed by atoms with Gasteiger partial charge in [0.25, 0.3) is 10.0 Å². The lowest BCUT2D eigenvalue weighted by Crippen LogP contribution is -2.13. The van der Waals surface area contributed by atoms with Crippen LogP contribution in [0.1, 0.15) is 5.56 Å². The van der Waals surface area contributed by atoms with Crippen molar-refractivity contribution in [1.29, 1.82) is 0 Å². The molecule has 1 aromatic heterocycles. The minimum Gasteiger partial charge on any atom is -0.497 e. The summed E-state index contributed by atoms with van der Waals surface area (Å²) in [7, 11) is -1.02. The second-order valence-corrected chi connectivity index (χ2v) is 8.21. The van der Waals surface area contributed by atoms with Crippen LogP contribution >= 0.6 is 23.2 Å². The van der Waals surface area contributed by atoms with Gasteiger partial charge in [0.05, 0.1) is 32.6 Å². The summed E-state index contributed by atoms with van der Waals surface area (Å²) in [6.07, 6.45) is 2.95. The van der Waals surface area contributed by atoms with E-state index in [1.807, 2.05) is 0 Å². The van der Waals surface area contributed by atoms with E-state index in [1.54, 1.807) is 30.5 Å². The normalized spacial score (nSPS) is 11.3. The van der Waals surface area contributed by atoms with Gasteiger partial charge in [0.1, 0.15) is 16.4 Å². The second-order valence-electron chi connectivity index (χ2n) is 5.75. The number of sulfonamides is 1. The molecule has 1 N–H and O–H groups in total. The van der Waals surface area contributed by atoms with Gasteiger partial charge < -0.3 is 9.47 Å². The molecule has 0 fully saturated rings. The molecule has 0 saturated heterocycles. The molecule has 0 saturated carbocycles. The monoisotopic (exact) mass is 441 g/mol. The third kappa shape index (κ3) is 4.35. The van der Waals surface area contributed by atoms with E-state index in [1.165, 1.54) is 37.2 Å². The molecule has 28 heavy (non-hydrogen) atoms. The van der Waals surface area contributed by atoms with E-state index < -0.39 is 10.0 Å². The number of ether oxygens (including phenoxy) is 2. The van der Waals surface area contributed by atoms with Crippen LogP contribution in [0.4, 0.5) is 5.69 Å². The number of nitrogens with one attached hydrogen (secondary N) is 1. The number of hydrogen-bond acceptors (Lipinski definition) is 5. The first-order valence-corrected chi connectivity index (χ1v) is 10.3. The van der Waals surface area contributed by atoms with Crippen LogP contribution in [0.25, 0.3) is 0 Å². The molecule has 3 aromatic rings. The minimum absolute atomic E-state index is 0.0160. The van der Waals surface area contributed by atoms with Crippen LogP contribution in [-0.2, 0) is 16.6 Å². The number of benzene rings is 2. The summed E-state index contributed by atoms with van der Waals surface area (Å²) in [5.74, 6) is 0.655. The zero-order valence-corrected chi connectivity index (χ0v) is 17.3. The van der Waals surface area contributed by atoms with E-state index in [2.05, 4.69) is 9.82 Å². The van der Waals surface area contributed by atoms with Crippen LogP contribution in [0.2, 0.25) is 10.0 Å². The van der Waals surface area contributed by atoms with E-state index in [9.17, 15) is 8.42 Å². The van der Waals surface area contributed by atoms with Crippen LogP contribution in [-0.4, -0.2) is 32.4 Å². The topological polar surface area (TPSA) is 82.5 Å². The Bertz CT molecular complexity index is 1080. The van der Waals surface area contributed by atoms with Gasteiger partial charge in [0.2, 0.25) is 0 Å². The Morgan fingerprint density at radius 3 is 2.46 bits per heavy atom. The van der Waals surface area contributed by atoms with Crippen molar-refractivity contribution in [2.24, 2.45) is 0 Å². The molecule has 0 bridgehead atoms. The van der Waals surface area contributed by atoms with Crippen LogP contribution in [0.3, 0.4) is 0 Å². The highest BCUT2D eigenvalue weighted by Gasteiger charge is 2.21. The molecule has 3 rings (SSSR count). The number of anilines is 1. The lowest BCUT2D eigenvalue weighted by Gasteiger charge is -2.11. The van der Waals surface area contributed by atoms with Gasteiger partial charge in [-0.15, -0.1) is 0 Å². The average Bonchev–Trinajstić information content (AvgIpc) is 3.10. The number of halogens is 2. The highest BCUT2D eigenvalue weighted by atomic mass is 35.5. The third-order valence-electron chi connectivity index (χ3n) is 3.93. The van der Waals surface area contributed by atoms with Crippen molar-refractivity contribution in [3.05, 3.63) is 64.4 Å². The molecule has 0 atom stereocenters. The number of hydrogen-bond donors (Lipinski definition) is 1. The summed E-state index contributed by atoms with van der Waals surface area (Å²) in [4.78, 5) is -0.0160. The molecule has 0 aliphatic rings. The highest BCUT2D eigenvalue weighted by molar-refractivity contribution is 7.92. The van der Waals surface area contributed by atoms with Gasteiger partial charge in [-0.25, -0.2) is 8.42 Å². The molecule has 0 unspecified atom stereocenters. The van der Waals surface area contributed by atoms with Crippen molar-refractivity contribution in [3.63, 3.8) is 0 Å². The first kappa shape index (κ1) is 20.3. The van der Waals surface area contributed by atoms with E-state index in [0.29, 0.717) is 33.6 Å². The van der Waals surface area contributed by atoms with Crippen molar-refractivity contribution < 1.29 is 17.9 Å². The fourth-order valence-electron chi connectivity index (χ4n) is 2.56. The molecular weight excluding hydrogens is 425 g/mol. The quantitative estimate of drug-likeness (QED) is 0.597. The predicted molar refractivity (Wildman–Crippen MR) is 108 cm³/mol. The summed E-state index contributed by atoms with van der Waals surface area (Å²) in [6.45, 7) is 0.298. The summed E-state index contributed by atoms with van der Waals surface area (Å²) in [5.41, 5.74) is 0.987. The molecule has 1 heterocycles. The van der Waals surface area contributed by atoms with Crippen molar-refractivity contribution in [2.45, 2.75) is 11.4 Å². The number of rotatable bonds is 7. The van der Waals surface area contributed by atoms with Crippen LogP contribution < -0.4 is 14.2 Å². The fraction of sp³-hybridized carbons (Fsp3) is 0.167. The van der Waals surface area contributed by atoms with Gasteiger partial charge in [-0.05, 0) is 24.3 Å². The maximum absolute atomic E-state index is 12.7. The zero-order valence-electron chi connectivity index (χ0n) is 15.0. The van der Waals surface area contributed by atoms with Crippen molar-refractivity contribution in [3.8, 4) is 11.5 Å². The average molecular weight is 442 g/mol. The van der Waals surface area contributed by atoms with Crippen LogP contribution in [0.15, 0.2) is 53.7 Å². The van der Waals surface area contributed by atoms with Gasteiger partial charge in [0.15, 0.2) is 0 Å².